The van der Waals surface area contributed by atoms with Crippen molar-refractivity contribution in [2.45, 2.75) is 18.9 Å². The van der Waals surface area contributed by atoms with E-state index < -0.39 is 0 Å². The largest absolute Gasteiger partial charge is 0.309 e. The van der Waals surface area contributed by atoms with E-state index >= 15 is 0 Å². The van der Waals surface area contributed by atoms with Crippen molar-refractivity contribution in [3.8, 4) is 0 Å². The molecule has 0 saturated heterocycles. The Morgan fingerprint density at radius 3 is 2.71 bits per heavy atom. The maximum Gasteiger partial charge on any atom is 0.0637 e. The first-order valence-electron chi connectivity index (χ1n) is 7.09. The maximum absolute atomic E-state index is 4.43. The third-order valence-electron chi connectivity index (χ3n) is 3.41. The second kappa shape index (κ2) is 7.02. The van der Waals surface area contributed by atoms with E-state index in [0.717, 1.165) is 25.1 Å². The number of aromatic nitrogens is 2. The summed E-state index contributed by atoms with van der Waals surface area (Å²) in [6.07, 6.45) is 4.02. The SMILES string of the molecule is Cn1ccc(CCNC(Cc2cccs2)c2cccs2)n1. The van der Waals surface area contributed by atoms with Crippen molar-refractivity contribution >= 4 is 22.7 Å². The molecule has 0 aliphatic heterocycles. The number of nitrogens with zero attached hydrogens (tertiary/aromatic N) is 2. The van der Waals surface area contributed by atoms with Crippen LogP contribution in [0, 0.1) is 0 Å². The Morgan fingerprint density at radius 1 is 1.19 bits per heavy atom. The van der Waals surface area contributed by atoms with Gasteiger partial charge in [-0.2, -0.15) is 5.10 Å². The fourth-order valence-corrected chi connectivity index (χ4v) is 3.92. The van der Waals surface area contributed by atoms with Gasteiger partial charge in [0, 0.05) is 48.4 Å². The third-order valence-corrected chi connectivity index (χ3v) is 5.30. The van der Waals surface area contributed by atoms with Crippen molar-refractivity contribution in [3.05, 3.63) is 62.7 Å². The lowest BCUT2D eigenvalue weighted by molar-refractivity contribution is 0.540. The molecule has 3 rings (SSSR count). The summed E-state index contributed by atoms with van der Waals surface area (Å²) in [5, 5.41) is 12.4. The highest BCUT2D eigenvalue weighted by atomic mass is 32.1. The van der Waals surface area contributed by atoms with Crippen molar-refractivity contribution in [1.29, 1.82) is 0 Å². The number of hydrogen-bond acceptors (Lipinski definition) is 4. The first-order valence-corrected chi connectivity index (χ1v) is 8.85. The van der Waals surface area contributed by atoms with Gasteiger partial charge in [-0.05, 0) is 29.0 Å². The van der Waals surface area contributed by atoms with Crippen molar-refractivity contribution < 1.29 is 0 Å². The molecule has 21 heavy (non-hydrogen) atoms. The summed E-state index contributed by atoms with van der Waals surface area (Å²) in [5.41, 5.74) is 1.14. The molecule has 5 heteroatoms. The summed E-state index contributed by atoms with van der Waals surface area (Å²) in [4.78, 5) is 2.84. The normalized spacial score (nSPS) is 12.6. The van der Waals surface area contributed by atoms with Crippen LogP contribution in [-0.2, 0) is 19.9 Å². The Morgan fingerprint density at radius 2 is 2.05 bits per heavy atom. The molecule has 0 aliphatic rings. The lowest BCUT2D eigenvalue weighted by atomic mass is 10.1. The molecule has 1 unspecified atom stereocenters. The van der Waals surface area contributed by atoms with Gasteiger partial charge in [-0.3, -0.25) is 4.68 Å². The molecule has 0 amide bonds. The molecule has 1 atom stereocenters. The van der Waals surface area contributed by atoms with Gasteiger partial charge >= 0.3 is 0 Å². The zero-order valence-electron chi connectivity index (χ0n) is 12.0. The van der Waals surface area contributed by atoms with Crippen LogP contribution in [0.25, 0.3) is 0 Å². The topological polar surface area (TPSA) is 29.9 Å². The average Bonchev–Trinajstić information content (AvgIpc) is 3.19. The van der Waals surface area contributed by atoms with Crippen molar-refractivity contribution in [1.82, 2.24) is 15.1 Å². The zero-order valence-corrected chi connectivity index (χ0v) is 13.7. The molecule has 1 N–H and O–H groups in total. The lowest BCUT2D eigenvalue weighted by Crippen LogP contribution is -2.24. The Balaban J connectivity index is 1.59. The first kappa shape index (κ1) is 14.5. The van der Waals surface area contributed by atoms with Crippen molar-refractivity contribution in [2.75, 3.05) is 6.54 Å². The van der Waals surface area contributed by atoms with E-state index in [9.17, 15) is 0 Å². The first-order chi connectivity index (χ1) is 10.3. The van der Waals surface area contributed by atoms with E-state index in [2.05, 4.69) is 51.5 Å². The molecule has 3 nitrogen and oxygen atoms in total. The standard InChI is InChI=1S/C16H19N3S2/c1-19-9-7-13(18-19)6-8-17-15(16-5-3-11-21-16)12-14-4-2-10-20-14/h2-5,7,9-11,15,17H,6,8,12H2,1H3. The van der Waals surface area contributed by atoms with Crippen LogP contribution in [0.4, 0.5) is 0 Å². The minimum Gasteiger partial charge on any atom is -0.309 e. The number of aryl methyl sites for hydroxylation is 1. The molecule has 0 aliphatic carbocycles. The molecule has 110 valence electrons. The monoisotopic (exact) mass is 317 g/mol. The van der Waals surface area contributed by atoms with Crippen LogP contribution in [0.3, 0.4) is 0 Å². The summed E-state index contributed by atoms with van der Waals surface area (Å²) in [6.45, 7) is 0.949. The van der Waals surface area contributed by atoms with Gasteiger partial charge in [0.2, 0.25) is 0 Å². The molecule has 0 bridgehead atoms. The van der Waals surface area contributed by atoms with Gasteiger partial charge in [0.05, 0.1) is 5.69 Å². The summed E-state index contributed by atoms with van der Waals surface area (Å²) in [5.74, 6) is 0. The summed E-state index contributed by atoms with van der Waals surface area (Å²) in [7, 11) is 1.96. The minimum atomic E-state index is 0.396. The molecule has 0 saturated carbocycles. The fraction of sp³-hybridized carbons (Fsp3) is 0.312. The van der Waals surface area contributed by atoms with Gasteiger partial charge < -0.3 is 5.32 Å². The Labute approximate surface area is 133 Å². The zero-order chi connectivity index (χ0) is 14.5. The second-order valence-electron chi connectivity index (χ2n) is 5.04. The van der Waals surface area contributed by atoms with Crippen LogP contribution in [0.1, 0.15) is 21.5 Å². The van der Waals surface area contributed by atoms with E-state index in [4.69, 9.17) is 0 Å². The van der Waals surface area contributed by atoms with E-state index in [1.54, 1.807) is 0 Å². The number of hydrogen-bond donors (Lipinski definition) is 1. The lowest BCUT2D eigenvalue weighted by Gasteiger charge is -2.16. The van der Waals surface area contributed by atoms with Crippen molar-refractivity contribution in [2.24, 2.45) is 7.05 Å². The number of nitrogens with one attached hydrogen (secondary N) is 1. The van der Waals surface area contributed by atoms with Crippen LogP contribution in [0.2, 0.25) is 0 Å². The van der Waals surface area contributed by atoms with E-state index in [1.165, 1.54) is 9.75 Å². The Kier molecular flexibility index (Phi) is 4.85. The predicted molar refractivity (Wildman–Crippen MR) is 90.0 cm³/mol. The van der Waals surface area contributed by atoms with Gasteiger partial charge in [0.1, 0.15) is 0 Å². The molecule has 3 heterocycles. The average molecular weight is 317 g/mol. The smallest absolute Gasteiger partial charge is 0.0637 e. The molecule has 0 spiro atoms. The minimum absolute atomic E-state index is 0.396. The van der Waals surface area contributed by atoms with Gasteiger partial charge in [-0.1, -0.05) is 12.1 Å². The maximum atomic E-state index is 4.43. The predicted octanol–water partition coefficient (Wildman–Crippen LogP) is 3.66. The van der Waals surface area contributed by atoms with Gasteiger partial charge in [-0.15, -0.1) is 22.7 Å². The molecular weight excluding hydrogens is 298 g/mol. The highest BCUT2D eigenvalue weighted by Crippen LogP contribution is 2.24. The highest BCUT2D eigenvalue weighted by molar-refractivity contribution is 7.10. The summed E-state index contributed by atoms with van der Waals surface area (Å²) in [6, 6.07) is 11.2. The van der Waals surface area contributed by atoms with Crippen LogP contribution in [-0.4, -0.2) is 16.3 Å². The summed E-state index contributed by atoms with van der Waals surface area (Å²) >= 11 is 3.66. The molecule has 3 aromatic heterocycles. The number of rotatable bonds is 7. The quantitative estimate of drug-likeness (QED) is 0.721. The molecule has 0 radical (unpaired) electrons. The number of thiophene rings is 2. The highest BCUT2D eigenvalue weighted by Gasteiger charge is 2.13. The third kappa shape index (κ3) is 4.03. The molecular formula is C16H19N3S2. The van der Waals surface area contributed by atoms with E-state index in [0.29, 0.717) is 6.04 Å². The van der Waals surface area contributed by atoms with Crippen LogP contribution in [0.5, 0.6) is 0 Å². The molecule has 0 aromatic carbocycles. The van der Waals surface area contributed by atoms with E-state index in [1.807, 2.05) is 40.6 Å². The molecule has 3 aromatic rings. The van der Waals surface area contributed by atoms with Gasteiger partial charge in [0.15, 0.2) is 0 Å². The summed E-state index contributed by atoms with van der Waals surface area (Å²) < 4.78 is 1.86. The Hall–Kier alpha value is -1.43. The van der Waals surface area contributed by atoms with Crippen LogP contribution >= 0.6 is 22.7 Å². The van der Waals surface area contributed by atoms with Crippen molar-refractivity contribution in [3.63, 3.8) is 0 Å². The Bertz CT molecular complexity index is 641. The van der Waals surface area contributed by atoms with Crippen LogP contribution in [0.15, 0.2) is 47.3 Å². The second-order valence-corrected chi connectivity index (χ2v) is 7.05. The fourth-order valence-electron chi connectivity index (χ4n) is 2.36. The van der Waals surface area contributed by atoms with Gasteiger partial charge in [0.25, 0.3) is 0 Å². The molecule has 0 fully saturated rings. The van der Waals surface area contributed by atoms with E-state index in [-0.39, 0.29) is 0 Å². The van der Waals surface area contributed by atoms with Gasteiger partial charge in [-0.25, -0.2) is 0 Å². The van der Waals surface area contributed by atoms with Crippen LogP contribution < -0.4 is 5.32 Å².